The van der Waals surface area contributed by atoms with Crippen molar-refractivity contribution in [1.82, 2.24) is 15.0 Å². The van der Waals surface area contributed by atoms with Gasteiger partial charge in [0.25, 0.3) is 5.91 Å². The highest BCUT2D eigenvalue weighted by molar-refractivity contribution is 6.28. The minimum Gasteiger partial charge on any atom is -0.451 e. The fraction of sp³-hybridized carbons (Fsp3) is 0.0769. The van der Waals surface area contributed by atoms with Gasteiger partial charge in [-0.1, -0.05) is 59.8 Å². The van der Waals surface area contributed by atoms with Gasteiger partial charge in [-0.15, -0.1) is 5.10 Å². The Morgan fingerprint density at radius 3 is 2.23 bits per heavy atom. The maximum absolute atomic E-state index is 12.8. The number of hydrogen-bond acceptors (Lipinski definition) is 7. The number of carbonyl (C=O) groups is 4. The first kappa shape index (κ1) is 21.9. The molecular weight excluding hydrogens is 448 g/mol. The van der Waals surface area contributed by atoms with E-state index >= 15 is 0 Å². The van der Waals surface area contributed by atoms with Crippen molar-refractivity contribution >= 4 is 29.1 Å². The Kier molecular flexibility index (Phi) is 5.72. The molecule has 9 nitrogen and oxygen atoms in total. The highest BCUT2D eigenvalue weighted by Crippen LogP contribution is 2.29. The summed E-state index contributed by atoms with van der Waals surface area (Å²) in [6.07, 6.45) is 1.44. The third-order valence-corrected chi connectivity index (χ3v) is 5.48. The van der Waals surface area contributed by atoms with Crippen molar-refractivity contribution in [3.05, 3.63) is 113 Å². The Morgan fingerprint density at radius 1 is 0.829 bits per heavy atom. The largest absolute Gasteiger partial charge is 0.451 e. The van der Waals surface area contributed by atoms with Crippen molar-refractivity contribution in [3.8, 4) is 0 Å². The molecule has 0 saturated carbocycles. The molecule has 1 aromatic heterocycles. The summed E-state index contributed by atoms with van der Waals surface area (Å²) >= 11 is 0. The monoisotopic (exact) mass is 466 g/mol. The van der Waals surface area contributed by atoms with Crippen LogP contribution in [-0.2, 0) is 16.1 Å². The Labute approximate surface area is 199 Å². The van der Waals surface area contributed by atoms with Gasteiger partial charge in [-0.2, -0.15) is 0 Å². The summed E-state index contributed by atoms with van der Waals surface area (Å²) in [6, 6.07) is 20.6. The number of benzene rings is 3. The molecule has 1 N–H and O–H groups in total. The van der Waals surface area contributed by atoms with E-state index in [1.807, 2.05) is 30.3 Å². The van der Waals surface area contributed by atoms with E-state index in [0.717, 1.165) is 5.56 Å². The van der Waals surface area contributed by atoms with E-state index in [2.05, 4.69) is 15.6 Å². The average Bonchev–Trinajstić information content (AvgIpc) is 3.35. The molecule has 35 heavy (non-hydrogen) atoms. The molecule has 172 valence electrons. The molecule has 0 saturated heterocycles. The second-order valence-corrected chi connectivity index (χ2v) is 7.88. The van der Waals surface area contributed by atoms with Gasteiger partial charge in [0.05, 0.1) is 12.7 Å². The van der Waals surface area contributed by atoms with Crippen molar-refractivity contribution in [1.29, 1.82) is 0 Å². The minimum atomic E-state index is -0.790. The SMILES string of the molecule is O=C(COC(=O)c1cn(Cc2ccccc2)nn1)Nc1ccc2c(c1)C(=O)c1ccccc1C2=O. The van der Waals surface area contributed by atoms with Gasteiger partial charge in [0.1, 0.15) is 0 Å². The molecule has 5 rings (SSSR count). The lowest BCUT2D eigenvalue weighted by Gasteiger charge is -2.18. The van der Waals surface area contributed by atoms with E-state index in [1.54, 1.807) is 24.3 Å². The number of anilines is 1. The molecule has 4 aromatic rings. The number of rotatable bonds is 6. The first-order chi connectivity index (χ1) is 17.0. The van der Waals surface area contributed by atoms with Gasteiger partial charge >= 0.3 is 5.97 Å². The van der Waals surface area contributed by atoms with E-state index in [4.69, 9.17) is 4.74 Å². The van der Waals surface area contributed by atoms with Crippen LogP contribution in [0, 0.1) is 0 Å². The summed E-state index contributed by atoms with van der Waals surface area (Å²) in [5.74, 6) is -1.94. The van der Waals surface area contributed by atoms with E-state index in [0.29, 0.717) is 23.4 Å². The van der Waals surface area contributed by atoms with Crippen LogP contribution in [0.25, 0.3) is 0 Å². The topological polar surface area (TPSA) is 120 Å². The number of amides is 1. The first-order valence-electron chi connectivity index (χ1n) is 10.7. The Bertz CT molecular complexity index is 1480. The number of ketones is 2. The molecule has 3 aromatic carbocycles. The number of ether oxygens (including phenoxy) is 1. The van der Waals surface area contributed by atoms with Crippen molar-refractivity contribution in [2.24, 2.45) is 0 Å². The molecular formula is C26H18N4O5. The first-order valence-corrected chi connectivity index (χ1v) is 10.7. The molecule has 1 aliphatic rings. The highest BCUT2D eigenvalue weighted by atomic mass is 16.5. The second kappa shape index (κ2) is 9.14. The van der Waals surface area contributed by atoms with E-state index in [9.17, 15) is 19.2 Å². The molecule has 0 radical (unpaired) electrons. The number of aromatic nitrogens is 3. The van der Waals surface area contributed by atoms with Crippen LogP contribution in [0.4, 0.5) is 5.69 Å². The smallest absolute Gasteiger partial charge is 0.361 e. The standard InChI is InChI=1S/C26H18N4O5/c31-23(15-35-26(34)22-14-30(29-28-22)13-16-6-2-1-3-7-16)27-17-10-11-20-21(12-17)25(33)19-9-5-4-8-18(19)24(20)32/h1-12,14H,13,15H2,(H,27,31). The molecule has 1 aliphatic carbocycles. The zero-order valence-electron chi connectivity index (χ0n) is 18.3. The van der Waals surface area contributed by atoms with E-state index < -0.39 is 18.5 Å². The predicted molar refractivity (Wildman–Crippen MR) is 124 cm³/mol. The van der Waals surface area contributed by atoms with Gasteiger partial charge in [-0.3, -0.25) is 14.4 Å². The summed E-state index contributed by atoms with van der Waals surface area (Å²) in [4.78, 5) is 50.1. The van der Waals surface area contributed by atoms with Crippen LogP contribution in [0.1, 0.15) is 47.9 Å². The molecule has 1 amide bonds. The Morgan fingerprint density at radius 2 is 1.49 bits per heavy atom. The van der Waals surface area contributed by atoms with Crippen LogP contribution in [0.5, 0.6) is 0 Å². The van der Waals surface area contributed by atoms with E-state index in [1.165, 1.54) is 29.1 Å². The van der Waals surface area contributed by atoms with Crippen LogP contribution in [0.15, 0.2) is 79.0 Å². The van der Waals surface area contributed by atoms with Gasteiger partial charge in [0.15, 0.2) is 23.9 Å². The van der Waals surface area contributed by atoms with Crippen molar-refractivity contribution in [2.45, 2.75) is 6.54 Å². The summed E-state index contributed by atoms with van der Waals surface area (Å²) in [7, 11) is 0. The second-order valence-electron chi connectivity index (χ2n) is 7.88. The van der Waals surface area contributed by atoms with Crippen LogP contribution in [0.2, 0.25) is 0 Å². The lowest BCUT2D eigenvalue weighted by Crippen LogP contribution is -2.23. The van der Waals surface area contributed by atoms with Crippen LogP contribution in [0.3, 0.4) is 0 Å². The zero-order valence-corrected chi connectivity index (χ0v) is 18.3. The molecule has 1 heterocycles. The summed E-state index contributed by atoms with van der Waals surface area (Å²) in [5, 5.41) is 10.3. The molecule has 0 unspecified atom stereocenters. The molecule has 0 fully saturated rings. The average molecular weight is 466 g/mol. The van der Waals surface area contributed by atoms with Gasteiger partial charge in [-0.25, -0.2) is 9.48 Å². The summed E-state index contributed by atoms with van der Waals surface area (Å²) in [6.45, 7) is -0.122. The quantitative estimate of drug-likeness (QED) is 0.382. The number of nitrogens with one attached hydrogen (secondary N) is 1. The Hall–Kier alpha value is -4.92. The predicted octanol–water partition coefficient (Wildman–Crippen LogP) is 2.90. The molecule has 0 atom stereocenters. The lowest BCUT2D eigenvalue weighted by molar-refractivity contribution is -0.119. The van der Waals surface area contributed by atoms with E-state index in [-0.39, 0.29) is 28.4 Å². The maximum atomic E-state index is 12.8. The molecule has 0 spiro atoms. The fourth-order valence-electron chi connectivity index (χ4n) is 3.82. The van der Waals surface area contributed by atoms with Gasteiger partial charge in [0, 0.05) is 27.9 Å². The fourth-order valence-corrected chi connectivity index (χ4v) is 3.82. The van der Waals surface area contributed by atoms with Gasteiger partial charge in [0.2, 0.25) is 0 Å². The minimum absolute atomic E-state index is 0.0229. The lowest BCUT2D eigenvalue weighted by atomic mass is 9.84. The molecule has 0 bridgehead atoms. The van der Waals surface area contributed by atoms with Gasteiger partial charge in [-0.05, 0) is 23.8 Å². The summed E-state index contributed by atoms with van der Waals surface area (Å²) < 4.78 is 6.53. The van der Waals surface area contributed by atoms with Crippen LogP contribution in [-0.4, -0.2) is 45.0 Å². The zero-order chi connectivity index (χ0) is 24.4. The van der Waals surface area contributed by atoms with Crippen LogP contribution >= 0.6 is 0 Å². The van der Waals surface area contributed by atoms with Crippen molar-refractivity contribution in [2.75, 3.05) is 11.9 Å². The normalized spacial score (nSPS) is 12.0. The number of nitrogens with zero attached hydrogens (tertiary/aromatic N) is 3. The third kappa shape index (κ3) is 4.47. The maximum Gasteiger partial charge on any atom is 0.361 e. The third-order valence-electron chi connectivity index (χ3n) is 5.48. The highest BCUT2D eigenvalue weighted by Gasteiger charge is 2.29. The summed E-state index contributed by atoms with van der Waals surface area (Å²) in [5.41, 5.74) is 2.43. The Balaban J connectivity index is 1.20. The van der Waals surface area contributed by atoms with Crippen LogP contribution < -0.4 is 5.32 Å². The molecule has 9 heteroatoms. The number of esters is 1. The molecule has 0 aliphatic heterocycles. The van der Waals surface area contributed by atoms with Gasteiger partial charge < -0.3 is 10.1 Å². The number of fused-ring (bicyclic) bond motifs is 2. The number of hydrogen-bond donors (Lipinski definition) is 1. The van der Waals surface area contributed by atoms with Crippen molar-refractivity contribution < 1.29 is 23.9 Å². The van der Waals surface area contributed by atoms with Crippen molar-refractivity contribution in [3.63, 3.8) is 0 Å². The number of carbonyl (C=O) groups excluding carboxylic acids is 4.